The summed E-state index contributed by atoms with van der Waals surface area (Å²) in [6, 6.07) is 11.0. The second kappa shape index (κ2) is 6.75. The van der Waals surface area contributed by atoms with Crippen LogP contribution in [-0.2, 0) is 4.74 Å². The molecule has 4 nitrogen and oxygen atoms in total. The average molecular weight is 330 g/mol. The van der Waals surface area contributed by atoms with Gasteiger partial charge in [-0.15, -0.1) is 0 Å². The number of nitrogens with one attached hydrogen (secondary N) is 1. The third-order valence-electron chi connectivity index (χ3n) is 5.99. The van der Waals surface area contributed by atoms with Gasteiger partial charge in [0.25, 0.3) is 0 Å². The van der Waals surface area contributed by atoms with Crippen LogP contribution in [0.3, 0.4) is 0 Å². The maximum Gasteiger partial charge on any atom is 0.407 e. The van der Waals surface area contributed by atoms with Crippen LogP contribution in [0.4, 0.5) is 4.79 Å². The summed E-state index contributed by atoms with van der Waals surface area (Å²) < 4.78 is 5.34. The quantitative estimate of drug-likeness (QED) is 0.798. The fraction of sp³-hybridized carbons (Fsp3) is 0.650. The Morgan fingerprint density at radius 1 is 1.29 bits per heavy atom. The fourth-order valence-electron chi connectivity index (χ4n) is 4.01. The lowest BCUT2D eigenvalue weighted by Crippen LogP contribution is -2.53. The molecule has 1 aromatic rings. The highest BCUT2D eigenvalue weighted by Crippen LogP contribution is 2.59. The predicted molar refractivity (Wildman–Crippen MR) is 95.9 cm³/mol. The Morgan fingerprint density at radius 3 is 2.62 bits per heavy atom. The number of hydrogen-bond donors (Lipinski definition) is 1. The molecule has 1 N–H and O–H groups in total. The van der Waals surface area contributed by atoms with Crippen molar-refractivity contribution in [3.05, 3.63) is 35.9 Å². The number of likely N-dealkylation sites (tertiary alicyclic amines) is 1. The molecule has 1 saturated heterocycles. The highest BCUT2D eigenvalue weighted by atomic mass is 16.5. The van der Waals surface area contributed by atoms with Crippen molar-refractivity contribution in [1.29, 1.82) is 0 Å². The van der Waals surface area contributed by atoms with E-state index in [0.717, 1.165) is 25.9 Å². The first kappa shape index (κ1) is 17.3. The molecule has 1 amide bonds. The first-order chi connectivity index (χ1) is 11.5. The van der Waals surface area contributed by atoms with Crippen molar-refractivity contribution in [2.45, 2.75) is 58.0 Å². The van der Waals surface area contributed by atoms with Crippen LogP contribution in [0.1, 0.15) is 58.1 Å². The van der Waals surface area contributed by atoms with E-state index in [9.17, 15) is 4.79 Å². The molecule has 0 aromatic heterocycles. The van der Waals surface area contributed by atoms with Gasteiger partial charge in [-0.3, -0.25) is 4.90 Å². The molecule has 0 unspecified atom stereocenters. The Labute approximate surface area is 145 Å². The Balaban J connectivity index is 1.65. The minimum atomic E-state index is -0.258. The molecule has 1 spiro atoms. The van der Waals surface area contributed by atoms with Gasteiger partial charge in [0, 0.05) is 24.5 Å². The van der Waals surface area contributed by atoms with Crippen molar-refractivity contribution in [2.24, 2.45) is 5.41 Å². The Bertz CT molecular complexity index is 570. The summed E-state index contributed by atoms with van der Waals surface area (Å²) in [5, 5.41) is 3.20. The highest BCUT2D eigenvalue weighted by Gasteiger charge is 2.63. The van der Waals surface area contributed by atoms with Gasteiger partial charge < -0.3 is 10.1 Å². The maximum absolute atomic E-state index is 12.2. The van der Waals surface area contributed by atoms with Gasteiger partial charge in [0.15, 0.2) is 0 Å². The topological polar surface area (TPSA) is 41.6 Å². The Morgan fingerprint density at radius 2 is 2.00 bits per heavy atom. The molecule has 1 aliphatic heterocycles. The van der Waals surface area contributed by atoms with E-state index < -0.39 is 0 Å². The summed E-state index contributed by atoms with van der Waals surface area (Å²) in [5.74, 6) is 0. The van der Waals surface area contributed by atoms with Gasteiger partial charge in [0.1, 0.15) is 0 Å². The van der Waals surface area contributed by atoms with E-state index in [1.165, 1.54) is 18.4 Å². The van der Waals surface area contributed by atoms with Crippen LogP contribution < -0.4 is 5.32 Å². The standard InChI is InChI=1S/C20H30N2O2/c1-4-5-13-24-18(23)21-19(3)14-22(15-20(19)11-12-20)16(2)17-9-7-6-8-10-17/h6-10,16H,4-5,11-15H2,1-3H3,(H,21,23)/t16-,19-/m1/s1. The molecule has 2 fully saturated rings. The zero-order valence-corrected chi connectivity index (χ0v) is 15.2. The van der Waals surface area contributed by atoms with E-state index in [2.05, 4.69) is 61.3 Å². The van der Waals surface area contributed by atoms with Crippen LogP contribution in [0.25, 0.3) is 0 Å². The zero-order valence-electron chi connectivity index (χ0n) is 15.2. The van der Waals surface area contributed by atoms with E-state index in [0.29, 0.717) is 12.6 Å². The molecular formula is C20H30N2O2. The number of ether oxygens (including phenoxy) is 1. The lowest BCUT2D eigenvalue weighted by molar-refractivity contribution is 0.125. The van der Waals surface area contributed by atoms with Crippen molar-refractivity contribution in [3.8, 4) is 0 Å². The molecule has 0 radical (unpaired) electrons. The van der Waals surface area contributed by atoms with Crippen LogP contribution in [0.15, 0.2) is 30.3 Å². The summed E-state index contributed by atoms with van der Waals surface area (Å²) in [4.78, 5) is 14.7. The molecule has 3 rings (SSSR count). The molecule has 1 saturated carbocycles. The van der Waals surface area contributed by atoms with Crippen molar-refractivity contribution in [1.82, 2.24) is 10.2 Å². The fourth-order valence-corrected chi connectivity index (χ4v) is 4.01. The molecule has 132 valence electrons. The van der Waals surface area contributed by atoms with E-state index >= 15 is 0 Å². The normalized spacial score (nSPS) is 26.3. The van der Waals surface area contributed by atoms with Gasteiger partial charge in [-0.25, -0.2) is 4.79 Å². The van der Waals surface area contributed by atoms with E-state index in [1.54, 1.807) is 0 Å². The summed E-state index contributed by atoms with van der Waals surface area (Å²) in [6.45, 7) is 8.99. The average Bonchev–Trinajstić information content (AvgIpc) is 3.30. The van der Waals surface area contributed by atoms with Crippen LogP contribution in [-0.4, -0.2) is 36.2 Å². The summed E-state index contributed by atoms with van der Waals surface area (Å²) in [5.41, 5.74) is 1.36. The maximum atomic E-state index is 12.2. The van der Waals surface area contributed by atoms with Gasteiger partial charge in [-0.2, -0.15) is 0 Å². The molecule has 2 atom stereocenters. The van der Waals surface area contributed by atoms with Crippen molar-refractivity contribution in [2.75, 3.05) is 19.7 Å². The number of amides is 1. The van der Waals surface area contributed by atoms with E-state index in [4.69, 9.17) is 4.74 Å². The van der Waals surface area contributed by atoms with Gasteiger partial charge in [-0.1, -0.05) is 43.7 Å². The number of carbonyl (C=O) groups is 1. The number of rotatable bonds is 6. The summed E-state index contributed by atoms with van der Waals surface area (Å²) in [6.07, 6.45) is 4.09. The van der Waals surface area contributed by atoms with Crippen LogP contribution in [0.2, 0.25) is 0 Å². The number of carbonyl (C=O) groups excluding carboxylic acids is 1. The molecule has 2 aliphatic rings. The number of benzene rings is 1. The van der Waals surface area contributed by atoms with Crippen LogP contribution in [0, 0.1) is 5.41 Å². The van der Waals surface area contributed by atoms with Crippen molar-refractivity contribution < 1.29 is 9.53 Å². The minimum absolute atomic E-state index is 0.195. The van der Waals surface area contributed by atoms with Gasteiger partial charge in [-0.05, 0) is 38.7 Å². The van der Waals surface area contributed by atoms with Crippen LogP contribution in [0.5, 0.6) is 0 Å². The van der Waals surface area contributed by atoms with Gasteiger partial charge >= 0.3 is 6.09 Å². The minimum Gasteiger partial charge on any atom is -0.450 e. The third kappa shape index (κ3) is 3.30. The molecule has 1 aliphatic carbocycles. The number of hydrogen-bond acceptors (Lipinski definition) is 3. The smallest absolute Gasteiger partial charge is 0.407 e. The van der Waals surface area contributed by atoms with Gasteiger partial charge in [0.2, 0.25) is 0 Å². The SMILES string of the molecule is CCCCOC(=O)N[C@]1(C)CN([C@H](C)c2ccccc2)CC12CC2. The monoisotopic (exact) mass is 330 g/mol. The molecule has 0 bridgehead atoms. The third-order valence-corrected chi connectivity index (χ3v) is 5.99. The molecule has 4 heteroatoms. The van der Waals surface area contributed by atoms with E-state index in [1.807, 2.05) is 0 Å². The van der Waals surface area contributed by atoms with Gasteiger partial charge in [0.05, 0.1) is 12.1 Å². The second-order valence-electron chi connectivity index (χ2n) is 7.72. The summed E-state index contributed by atoms with van der Waals surface area (Å²) >= 11 is 0. The Hall–Kier alpha value is -1.55. The van der Waals surface area contributed by atoms with Crippen molar-refractivity contribution in [3.63, 3.8) is 0 Å². The van der Waals surface area contributed by atoms with Crippen molar-refractivity contribution >= 4 is 6.09 Å². The molecular weight excluding hydrogens is 300 g/mol. The lowest BCUT2D eigenvalue weighted by atomic mass is 9.86. The molecule has 1 aromatic carbocycles. The zero-order chi connectivity index (χ0) is 17.2. The molecule has 24 heavy (non-hydrogen) atoms. The second-order valence-corrected chi connectivity index (χ2v) is 7.72. The lowest BCUT2D eigenvalue weighted by Gasteiger charge is -2.32. The predicted octanol–water partition coefficient (Wildman–Crippen LogP) is 4.13. The van der Waals surface area contributed by atoms with Crippen LogP contribution >= 0.6 is 0 Å². The number of alkyl carbamates (subject to hydrolysis) is 1. The first-order valence-corrected chi connectivity index (χ1v) is 9.24. The largest absolute Gasteiger partial charge is 0.450 e. The first-order valence-electron chi connectivity index (χ1n) is 9.24. The number of nitrogens with zero attached hydrogens (tertiary/aromatic N) is 1. The Kier molecular flexibility index (Phi) is 4.86. The van der Waals surface area contributed by atoms with E-state index in [-0.39, 0.29) is 17.0 Å². The highest BCUT2D eigenvalue weighted by molar-refractivity contribution is 5.68. The number of unbranched alkanes of at least 4 members (excludes halogenated alkanes) is 1. The molecule has 1 heterocycles. The summed E-state index contributed by atoms with van der Waals surface area (Å²) in [7, 11) is 0.